The maximum atomic E-state index is 14.2. The van der Waals surface area contributed by atoms with Crippen molar-refractivity contribution in [2.75, 3.05) is 13.6 Å². The van der Waals surface area contributed by atoms with Crippen molar-refractivity contribution >= 4 is 0 Å². The van der Waals surface area contributed by atoms with Gasteiger partial charge in [-0.25, -0.2) is 4.39 Å². The zero-order chi connectivity index (χ0) is 14.4. The number of hydrogen-bond acceptors (Lipinski definition) is 3. The molecule has 0 fully saturated rings. The van der Waals surface area contributed by atoms with Crippen molar-refractivity contribution in [1.82, 2.24) is 5.32 Å². The molecule has 1 atom stereocenters. The van der Waals surface area contributed by atoms with Crippen LogP contribution >= 0.6 is 0 Å². The Hall–Kier alpha value is -1.91. The third kappa shape index (κ3) is 3.56. The van der Waals surface area contributed by atoms with Gasteiger partial charge in [-0.2, -0.15) is 0 Å². The van der Waals surface area contributed by atoms with Gasteiger partial charge in [0.15, 0.2) is 11.6 Å². The van der Waals surface area contributed by atoms with E-state index in [4.69, 9.17) is 4.74 Å². The fourth-order valence-electron chi connectivity index (χ4n) is 1.94. The molecule has 0 aromatic heterocycles. The predicted molar refractivity (Wildman–Crippen MR) is 76.1 cm³/mol. The van der Waals surface area contributed by atoms with Crippen molar-refractivity contribution < 1.29 is 14.2 Å². The van der Waals surface area contributed by atoms with Gasteiger partial charge in [0.2, 0.25) is 0 Å². The number of likely N-dealkylation sites (N-methyl/N-ethyl adjacent to an activating group) is 1. The van der Waals surface area contributed by atoms with E-state index in [1.807, 2.05) is 30.3 Å². The van der Waals surface area contributed by atoms with Crippen LogP contribution in [0, 0.1) is 5.82 Å². The van der Waals surface area contributed by atoms with E-state index < -0.39 is 11.9 Å². The minimum Gasteiger partial charge on any atom is -0.486 e. The van der Waals surface area contributed by atoms with Crippen LogP contribution in [0.4, 0.5) is 4.39 Å². The molecule has 4 heteroatoms. The molecule has 0 amide bonds. The Bertz CT molecular complexity index is 545. The molecule has 0 saturated heterocycles. The zero-order valence-electron chi connectivity index (χ0n) is 11.3. The third-order valence-electron chi connectivity index (χ3n) is 2.99. The summed E-state index contributed by atoms with van der Waals surface area (Å²) in [6.07, 6.45) is -0.889. The van der Waals surface area contributed by atoms with E-state index in [-0.39, 0.29) is 11.3 Å². The minimum absolute atomic E-state index is 0.154. The minimum atomic E-state index is -0.889. The Kier molecular flexibility index (Phi) is 5.09. The van der Waals surface area contributed by atoms with E-state index in [0.717, 1.165) is 5.56 Å². The molecular weight excluding hydrogens is 257 g/mol. The molecule has 0 radical (unpaired) electrons. The average Bonchev–Trinajstić information content (AvgIpc) is 2.47. The van der Waals surface area contributed by atoms with Gasteiger partial charge in [0, 0.05) is 12.1 Å². The van der Waals surface area contributed by atoms with Crippen LogP contribution in [0.2, 0.25) is 0 Å². The Labute approximate surface area is 118 Å². The Morgan fingerprint density at radius 3 is 2.60 bits per heavy atom. The first-order chi connectivity index (χ1) is 9.72. The van der Waals surface area contributed by atoms with Crippen LogP contribution in [0.5, 0.6) is 5.75 Å². The van der Waals surface area contributed by atoms with Gasteiger partial charge in [0.1, 0.15) is 6.61 Å². The smallest absolute Gasteiger partial charge is 0.170 e. The first-order valence-corrected chi connectivity index (χ1v) is 6.50. The highest BCUT2D eigenvalue weighted by atomic mass is 19.1. The van der Waals surface area contributed by atoms with Crippen LogP contribution in [0.1, 0.15) is 17.2 Å². The number of hydrogen-bond donors (Lipinski definition) is 2. The van der Waals surface area contributed by atoms with E-state index >= 15 is 0 Å². The monoisotopic (exact) mass is 275 g/mol. The van der Waals surface area contributed by atoms with Crippen LogP contribution in [0.3, 0.4) is 0 Å². The van der Waals surface area contributed by atoms with Crippen LogP contribution in [-0.4, -0.2) is 18.7 Å². The topological polar surface area (TPSA) is 41.5 Å². The molecule has 20 heavy (non-hydrogen) atoms. The standard InChI is InChI=1S/C16H18FNO2/c1-18-10-14(19)13-8-5-9-15(16(13)17)20-11-12-6-3-2-4-7-12/h2-9,14,18-19H,10-11H2,1H3. The van der Waals surface area contributed by atoms with Gasteiger partial charge in [-0.1, -0.05) is 42.5 Å². The average molecular weight is 275 g/mol. The van der Waals surface area contributed by atoms with E-state index in [2.05, 4.69) is 5.32 Å². The lowest BCUT2D eigenvalue weighted by molar-refractivity contribution is 0.171. The van der Waals surface area contributed by atoms with Crippen molar-refractivity contribution in [3.8, 4) is 5.75 Å². The summed E-state index contributed by atoms with van der Waals surface area (Å²) in [5.74, 6) is -0.354. The normalized spacial score (nSPS) is 12.2. The molecule has 0 aliphatic rings. The van der Waals surface area contributed by atoms with Gasteiger partial charge in [0.25, 0.3) is 0 Å². The highest BCUT2D eigenvalue weighted by Crippen LogP contribution is 2.25. The number of rotatable bonds is 6. The molecule has 106 valence electrons. The lowest BCUT2D eigenvalue weighted by Gasteiger charge is -2.14. The molecular formula is C16H18FNO2. The second-order valence-corrected chi connectivity index (χ2v) is 4.51. The van der Waals surface area contributed by atoms with Crippen molar-refractivity contribution in [3.05, 3.63) is 65.5 Å². The van der Waals surface area contributed by atoms with Gasteiger partial charge in [-0.3, -0.25) is 0 Å². The Balaban J connectivity index is 2.10. The van der Waals surface area contributed by atoms with E-state index in [9.17, 15) is 9.50 Å². The third-order valence-corrected chi connectivity index (χ3v) is 2.99. The number of benzene rings is 2. The van der Waals surface area contributed by atoms with Gasteiger partial charge >= 0.3 is 0 Å². The highest BCUT2D eigenvalue weighted by Gasteiger charge is 2.15. The molecule has 1 unspecified atom stereocenters. The zero-order valence-corrected chi connectivity index (χ0v) is 11.3. The molecule has 2 aromatic carbocycles. The van der Waals surface area contributed by atoms with Crippen LogP contribution < -0.4 is 10.1 Å². The molecule has 0 bridgehead atoms. The summed E-state index contributed by atoms with van der Waals surface area (Å²) < 4.78 is 19.7. The maximum Gasteiger partial charge on any atom is 0.170 e. The van der Waals surface area contributed by atoms with Crippen LogP contribution in [-0.2, 0) is 6.61 Å². The number of aliphatic hydroxyl groups is 1. The van der Waals surface area contributed by atoms with Crippen molar-refractivity contribution in [1.29, 1.82) is 0 Å². The summed E-state index contributed by atoms with van der Waals surface area (Å²) >= 11 is 0. The molecule has 0 spiro atoms. The molecule has 3 nitrogen and oxygen atoms in total. The highest BCUT2D eigenvalue weighted by molar-refractivity contribution is 5.33. The van der Waals surface area contributed by atoms with Crippen molar-refractivity contribution in [2.24, 2.45) is 0 Å². The second kappa shape index (κ2) is 7.03. The van der Waals surface area contributed by atoms with Gasteiger partial charge in [0.05, 0.1) is 6.10 Å². The predicted octanol–water partition coefficient (Wildman–Crippen LogP) is 2.66. The number of ether oxygens (including phenoxy) is 1. The van der Waals surface area contributed by atoms with E-state index in [1.165, 1.54) is 0 Å². The van der Waals surface area contributed by atoms with E-state index in [0.29, 0.717) is 13.2 Å². The molecule has 2 aromatic rings. The molecule has 0 saturated carbocycles. The number of halogens is 1. The Morgan fingerprint density at radius 2 is 1.90 bits per heavy atom. The van der Waals surface area contributed by atoms with E-state index in [1.54, 1.807) is 25.2 Å². The summed E-state index contributed by atoms with van der Waals surface area (Å²) in [5.41, 5.74) is 1.21. The fraction of sp³-hybridized carbons (Fsp3) is 0.250. The van der Waals surface area contributed by atoms with Crippen LogP contribution in [0.25, 0.3) is 0 Å². The maximum absolute atomic E-state index is 14.2. The summed E-state index contributed by atoms with van der Waals surface area (Å²) in [5, 5.41) is 12.7. The summed E-state index contributed by atoms with van der Waals surface area (Å²) in [4.78, 5) is 0. The fourth-order valence-corrected chi connectivity index (χ4v) is 1.94. The first-order valence-electron chi connectivity index (χ1n) is 6.50. The van der Waals surface area contributed by atoms with Crippen LogP contribution in [0.15, 0.2) is 48.5 Å². The van der Waals surface area contributed by atoms with Gasteiger partial charge in [-0.15, -0.1) is 0 Å². The molecule has 2 N–H and O–H groups in total. The summed E-state index contributed by atoms with van der Waals surface area (Å²) in [6, 6.07) is 14.4. The quantitative estimate of drug-likeness (QED) is 0.851. The van der Waals surface area contributed by atoms with Gasteiger partial charge < -0.3 is 15.2 Å². The summed E-state index contributed by atoms with van der Waals surface area (Å²) in [6.45, 7) is 0.586. The van der Waals surface area contributed by atoms with Crippen molar-refractivity contribution in [3.63, 3.8) is 0 Å². The largest absolute Gasteiger partial charge is 0.486 e. The van der Waals surface area contributed by atoms with Crippen molar-refractivity contribution in [2.45, 2.75) is 12.7 Å². The molecule has 2 rings (SSSR count). The first kappa shape index (κ1) is 14.5. The molecule has 0 heterocycles. The number of aliphatic hydroxyl groups excluding tert-OH is 1. The number of nitrogens with one attached hydrogen (secondary N) is 1. The van der Waals surface area contributed by atoms with Gasteiger partial charge in [-0.05, 0) is 18.7 Å². The SMILES string of the molecule is CNCC(O)c1cccc(OCc2ccccc2)c1F. The summed E-state index contributed by atoms with van der Waals surface area (Å²) in [7, 11) is 1.71. The Morgan fingerprint density at radius 1 is 1.15 bits per heavy atom. The molecule has 0 aliphatic heterocycles. The lowest BCUT2D eigenvalue weighted by Crippen LogP contribution is -2.17. The molecule has 0 aliphatic carbocycles. The second-order valence-electron chi connectivity index (χ2n) is 4.51. The lowest BCUT2D eigenvalue weighted by atomic mass is 10.1.